The van der Waals surface area contributed by atoms with Gasteiger partial charge in [-0.25, -0.2) is 19.9 Å². The van der Waals surface area contributed by atoms with Crippen molar-refractivity contribution in [3.05, 3.63) is 157 Å². The third kappa shape index (κ3) is 4.18. The quantitative estimate of drug-likeness (QED) is 0.200. The van der Waals surface area contributed by atoms with Gasteiger partial charge >= 0.3 is 0 Å². The predicted octanol–water partition coefficient (Wildman–Crippen LogP) is 9.81. The van der Waals surface area contributed by atoms with Crippen molar-refractivity contribution in [2.24, 2.45) is 0 Å². The third-order valence-electron chi connectivity index (χ3n) is 9.36. The summed E-state index contributed by atoms with van der Waals surface area (Å²) in [7, 11) is 0. The van der Waals surface area contributed by atoms with Gasteiger partial charge in [-0.3, -0.25) is 0 Å². The first-order chi connectivity index (χ1) is 23.1. The van der Waals surface area contributed by atoms with Crippen LogP contribution in [0.3, 0.4) is 0 Å². The van der Waals surface area contributed by atoms with Gasteiger partial charge in [-0.15, -0.1) is 0 Å². The van der Waals surface area contributed by atoms with E-state index in [4.69, 9.17) is 0 Å². The van der Waals surface area contributed by atoms with Crippen LogP contribution in [-0.4, -0.2) is 24.5 Å². The van der Waals surface area contributed by atoms with Gasteiger partial charge in [-0.1, -0.05) is 80.6 Å². The van der Waals surface area contributed by atoms with Gasteiger partial charge in [0.05, 0.1) is 22.4 Å². The Morgan fingerprint density at radius 1 is 0.511 bits per heavy atom. The molecule has 0 radical (unpaired) electrons. The number of fused-ring (bicyclic) bond motifs is 6. The molecular formula is C41H30N6. The molecule has 6 heteroatoms. The van der Waals surface area contributed by atoms with Crippen molar-refractivity contribution < 1.29 is 0 Å². The van der Waals surface area contributed by atoms with Crippen LogP contribution in [0.4, 0.5) is 17.1 Å². The van der Waals surface area contributed by atoms with Crippen LogP contribution in [0.15, 0.2) is 146 Å². The molecule has 4 heterocycles. The summed E-state index contributed by atoms with van der Waals surface area (Å²) in [5, 5.41) is 2.42. The maximum Gasteiger partial charge on any atom is 0.159 e. The van der Waals surface area contributed by atoms with E-state index in [-0.39, 0.29) is 5.41 Å². The Bertz CT molecular complexity index is 2380. The van der Waals surface area contributed by atoms with Crippen molar-refractivity contribution in [1.29, 1.82) is 0 Å². The molecule has 5 aromatic carbocycles. The highest BCUT2D eigenvalue weighted by atomic mass is 15.2. The molecule has 8 aromatic rings. The summed E-state index contributed by atoms with van der Waals surface area (Å²) in [5.74, 6) is 1.29. The molecule has 1 aliphatic heterocycles. The summed E-state index contributed by atoms with van der Waals surface area (Å²) < 4.78 is 2.42. The van der Waals surface area contributed by atoms with Crippen molar-refractivity contribution in [3.8, 4) is 28.5 Å². The lowest BCUT2D eigenvalue weighted by Gasteiger charge is -2.42. The van der Waals surface area contributed by atoms with E-state index in [9.17, 15) is 0 Å². The molecule has 1 aliphatic rings. The van der Waals surface area contributed by atoms with E-state index in [1.165, 1.54) is 27.4 Å². The Kier molecular flexibility index (Phi) is 6.05. The molecule has 0 fully saturated rings. The zero-order valence-corrected chi connectivity index (χ0v) is 26.0. The number of para-hydroxylation sites is 3. The van der Waals surface area contributed by atoms with Crippen LogP contribution in [0, 0.1) is 0 Å². The standard InChI is InChI=1S/C41H30N6/c1-41(2)33-15-7-9-17-36(33)47(30-25-27(39-42-20-10-21-43-39)24-28(26-30)40-44-22-11-23-45-40)38-34(41)19-18-32-31-14-6-8-16-35(31)46(37(32)38)29-12-4-3-5-13-29/h3-26H,1-2H3. The number of rotatable bonds is 4. The molecule has 0 saturated heterocycles. The molecule has 9 rings (SSSR count). The topological polar surface area (TPSA) is 59.7 Å². The van der Waals surface area contributed by atoms with Gasteiger partial charge in [-0.05, 0) is 65.7 Å². The van der Waals surface area contributed by atoms with Crippen molar-refractivity contribution in [2.75, 3.05) is 4.90 Å². The Balaban J connectivity index is 1.44. The molecule has 47 heavy (non-hydrogen) atoms. The van der Waals surface area contributed by atoms with E-state index in [1.54, 1.807) is 24.8 Å². The van der Waals surface area contributed by atoms with Gasteiger partial charge in [0, 0.05) is 63.5 Å². The summed E-state index contributed by atoms with van der Waals surface area (Å²) in [4.78, 5) is 21.0. The van der Waals surface area contributed by atoms with Crippen LogP contribution in [0.1, 0.15) is 25.0 Å². The number of hydrogen-bond acceptors (Lipinski definition) is 5. The lowest BCUT2D eigenvalue weighted by Crippen LogP contribution is -2.31. The average molecular weight is 607 g/mol. The summed E-state index contributed by atoms with van der Waals surface area (Å²) in [5.41, 5.74) is 10.8. The first-order valence-electron chi connectivity index (χ1n) is 15.8. The zero-order chi connectivity index (χ0) is 31.5. The number of benzene rings is 5. The number of anilines is 3. The molecule has 0 amide bonds. The smallest absolute Gasteiger partial charge is 0.159 e. The second-order valence-corrected chi connectivity index (χ2v) is 12.4. The van der Waals surface area contributed by atoms with Crippen molar-refractivity contribution in [1.82, 2.24) is 24.5 Å². The lowest BCUT2D eigenvalue weighted by molar-refractivity contribution is 0.633. The van der Waals surface area contributed by atoms with Gasteiger partial charge in [0.25, 0.3) is 0 Å². The summed E-state index contributed by atoms with van der Waals surface area (Å²) >= 11 is 0. The predicted molar refractivity (Wildman–Crippen MR) is 190 cm³/mol. The van der Waals surface area contributed by atoms with E-state index in [0.717, 1.165) is 39.4 Å². The fourth-order valence-electron chi connectivity index (χ4n) is 7.24. The Hall–Kier alpha value is -6.14. The zero-order valence-electron chi connectivity index (χ0n) is 26.0. The highest BCUT2D eigenvalue weighted by molar-refractivity contribution is 6.16. The second-order valence-electron chi connectivity index (χ2n) is 12.4. The molecule has 0 saturated carbocycles. The van der Waals surface area contributed by atoms with E-state index in [2.05, 4.69) is 152 Å². The van der Waals surface area contributed by atoms with E-state index in [1.807, 2.05) is 12.1 Å². The van der Waals surface area contributed by atoms with Gasteiger partial charge in [0.15, 0.2) is 11.6 Å². The fraction of sp³-hybridized carbons (Fsp3) is 0.0732. The molecular weight excluding hydrogens is 576 g/mol. The highest BCUT2D eigenvalue weighted by Crippen LogP contribution is 2.55. The van der Waals surface area contributed by atoms with Gasteiger partial charge in [0.1, 0.15) is 0 Å². The van der Waals surface area contributed by atoms with E-state index in [0.29, 0.717) is 11.6 Å². The Morgan fingerprint density at radius 2 is 1.13 bits per heavy atom. The molecule has 224 valence electrons. The highest BCUT2D eigenvalue weighted by Gasteiger charge is 2.39. The first-order valence-corrected chi connectivity index (χ1v) is 15.8. The normalized spacial score (nSPS) is 13.4. The second kappa shape index (κ2) is 10.5. The minimum Gasteiger partial charge on any atom is -0.308 e. The number of nitrogens with zero attached hydrogens (tertiary/aromatic N) is 6. The van der Waals surface area contributed by atoms with Crippen molar-refractivity contribution in [3.63, 3.8) is 0 Å². The van der Waals surface area contributed by atoms with Crippen LogP contribution in [-0.2, 0) is 5.41 Å². The summed E-state index contributed by atoms with van der Waals surface area (Å²) in [6, 6.07) is 42.9. The monoisotopic (exact) mass is 606 g/mol. The molecule has 0 spiro atoms. The first kappa shape index (κ1) is 27.2. The van der Waals surface area contributed by atoms with Gasteiger partial charge in [-0.2, -0.15) is 0 Å². The molecule has 0 aliphatic carbocycles. The Labute approximate surface area is 272 Å². The van der Waals surface area contributed by atoms with Crippen molar-refractivity contribution in [2.45, 2.75) is 19.3 Å². The summed E-state index contributed by atoms with van der Waals surface area (Å²) in [6.07, 6.45) is 7.13. The van der Waals surface area contributed by atoms with Crippen molar-refractivity contribution >= 4 is 38.9 Å². The maximum absolute atomic E-state index is 4.64. The largest absolute Gasteiger partial charge is 0.308 e. The number of aromatic nitrogens is 5. The van der Waals surface area contributed by atoms with Crippen LogP contribution in [0.5, 0.6) is 0 Å². The average Bonchev–Trinajstić information content (AvgIpc) is 3.47. The van der Waals surface area contributed by atoms with E-state index >= 15 is 0 Å². The molecule has 3 aromatic heterocycles. The number of hydrogen-bond donors (Lipinski definition) is 0. The lowest BCUT2D eigenvalue weighted by atomic mass is 9.73. The Morgan fingerprint density at radius 3 is 1.83 bits per heavy atom. The van der Waals surface area contributed by atoms with Crippen LogP contribution in [0.2, 0.25) is 0 Å². The minimum absolute atomic E-state index is 0.264. The summed E-state index contributed by atoms with van der Waals surface area (Å²) in [6.45, 7) is 4.67. The SMILES string of the molecule is CC1(C)c2ccccc2N(c2cc(-c3ncccn3)cc(-c3ncccn3)c2)c2c1ccc1c3ccccc3n(-c3ccccc3)c21. The van der Waals surface area contributed by atoms with Crippen LogP contribution >= 0.6 is 0 Å². The maximum atomic E-state index is 4.64. The fourth-order valence-corrected chi connectivity index (χ4v) is 7.24. The molecule has 0 N–H and O–H groups in total. The van der Waals surface area contributed by atoms with Gasteiger partial charge in [0.2, 0.25) is 0 Å². The minimum atomic E-state index is -0.264. The third-order valence-corrected chi connectivity index (χ3v) is 9.36. The van der Waals surface area contributed by atoms with E-state index < -0.39 is 0 Å². The molecule has 0 atom stereocenters. The molecule has 0 bridgehead atoms. The molecule has 0 unspecified atom stereocenters. The molecule has 6 nitrogen and oxygen atoms in total. The van der Waals surface area contributed by atoms with Gasteiger partial charge < -0.3 is 9.47 Å². The van der Waals surface area contributed by atoms with Crippen LogP contribution < -0.4 is 4.90 Å². The van der Waals surface area contributed by atoms with Crippen LogP contribution in [0.25, 0.3) is 50.3 Å².